The average Bonchev–Trinajstić information content (AvgIpc) is 3.14. The number of carbonyl (C=O) groups excluding carboxylic acids is 1. The lowest BCUT2D eigenvalue weighted by atomic mass is 10.1. The van der Waals surface area contributed by atoms with E-state index in [1.54, 1.807) is 18.6 Å². The van der Waals surface area contributed by atoms with Crippen LogP contribution < -0.4 is 11.1 Å². The zero-order chi connectivity index (χ0) is 18.5. The molecule has 3 atom stereocenters. The van der Waals surface area contributed by atoms with E-state index in [0.29, 0.717) is 36.7 Å². The van der Waals surface area contributed by atoms with Gasteiger partial charge in [-0.2, -0.15) is 0 Å². The maximum Gasteiger partial charge on any atom is 0.229 e. The number of hydrogen-bond donors (Lipinski definition) is 2. The number of ether oxygens (including phenoxy) is 1. The molecule has 7 nitrogen and oxygen atoms in total. The van der Waals surface area contributed by atoms with Crippen molar-refractivity contribution in [1.29, 1.82) is 0 Å². The normalized spacial score (nSPS) is 23.2. The molecule has 3 aromatic heterocycles. The Morgan fingerprint density at radius 2 is 2.07 bits per heavy atom. The van der Waals surface area contributed by atoms with Crippen molar-refractivity contribution in [2.24, 2.45) is 17.8 Å². The molecule has 0 aromatic carbocycles. The molecular formula is C20H19N5O2. The van der Waals surface area contributed by atoms with Crippen LogP contribution in [0.2, 0.25) is 0 Å². The second kappa shape index (κ2) is 5.99. The Hall–Kier alpha value is -3.06. The first-order valence-corrected chi connectivity index (χ1v) is 8.97. The molecule has 27 heavy (non-hydrogen) atoms. The number of aryl methyl sites for hydroxylation is 1. The smallest absolute Gasteiger partial charge is 0.229 e. The predicted octanol–water partition coefficient (Wildman–Crippen LogP) is 2.41. The number of fused-ring (bicyclic) bond motifs is 2. The number of amides is 1. The molecule has 0 spiro atoms. The summed E-state index contributed by atoms with van der Waals surface area (Å²) in [5.74, 6) is 1.73. The highest BCUT2D eigenvalue weighted by atomic mass is 16.5. The third-order valence-electron chi connectivity index (χ3n) is 5.57. The van der Waals surface area contributed by atoms with Crippen molar-refractivity contribution in [3.05, 3.63) is 42.4 Å². The summed E-state index contributed by atoms with van der Waals surface area (Å²) >= 11 is 0. The van der Waals surface area contributed by atoms with Crippen molar-refractivity contribution in [2.45, 2.75) is 6.92 Å². The van der Waals surface area contributed by atoms with Crippen molar-refractivity contribution < 1.29 is 9.53 Å². The van der Waals surface area contributed by atoms with Crippen LogP contribution in [-0.2, 0) is 9.53 Å². The molecule has 1 saturated heterocycles. The molecule has 0 radical (unpaired) electrons. The van der Waals surface area contributed by atoms with Crippen molar-refractivity contribution in [3.8, 4) is 11.3 Å². The van der Waals surface area contributed by atoms with Gasteiger partial charge in [0.05, 0.1) is 18.9 Å². The van der Waals surface area contributed by atoms with Crippen LogP contribution in [0.3, 0.4) is 0 Å². The Kier molecular flexibility index (Phi) is 3.58. The molecular weight excluding hydrogens is 342 g/mol. The highest BCUT2D eigenvalue weighted by molar-refractivity contribution is 5.98. The van der Waals surface area contributed by atoms with Gasteiger partial charge >= 0.3 is 0 Å². The average molecular weight is 361 g/mol. The number of nitrogens with one attached hydrogen (secondary N) is 1. The van der Waals surface area contributed by atoms with Gasteiger partial charge in [-0.1, -0.05) is 0 Å². The van der Waals surface area contributed by atoms with Crippen LogP contribution in [0.1, 0.15) is 5.56 Å². The number of nitrogens with zero attached hydrogens (tertiary/aromatic N) is 3. The maximum atomic E-state index is 12.5. The van der Waals surface area contributed by atoms with Crippen LogP contribution in [0.5, 0.6) is 0 Å². The van der Waals surface area contributed by atoms with E-state index in [2.05, 4.69) is 20.3 Å². The number of pyridine rings is 3. The van der Waals surface area contributed by atoms with Crippen LogP contribution in [0.25, 0.3) is 22.0 Å². The molecule has 4 heterocycles. The number of anilines is 2. The summed E-state index contributed by atoms with van der Waals surface area (Å²) in [6.07, 6.45) is 5.18. The highest BCUT2D eigenvalue weighted by Gasteiger charge is 2.58. The van der Waals surface area contributed by atoms with Crippen LogP contribution in [0, 0.1) is 24.7 Å². The predicted molar refractivity (Wildman–Crippen MR) is 102 cm³/mol. The Labute approximate surface area is 156 Å². The first-order chi connectivity index (χ1) is 13.1. The summed E-state index contributed by atoms with van der Waals surface area (Å²) in [6.45, 7) is 3.38. The fourth-order valence-corrected chi connectivity index (χ4v) is 3.95. The van der Waals surface area contributed by atoms with Crippen molar-refractivity contribution >= 4 is 28.3 Å². The number of hydrogen-bond acceptors (Lipinski definition) is 6. The molecule has 2 aliphatic rings. The first-order valence-electron chi connectivity index (χ1n) is 8.97. The van der Waals surface area contributed by atoms with Gasteiger partial charge in [0.25, 0.3) is 0 Å². The Balaban J connectivity index is 1.47. The molecule has 1 amide bonds. The van der Waals surface area contributed by atoms with Gasteiger partial charge in [-0.25, -0.2) is 9.97 Å². The molecule has 5 rings (SSSR count). The first kappa shape index (κ1) is 16.1. The minimum Gasteiger partial charge on any atom is -0.383 e. The highest BCUT2D eigenvalue weighted by Crippen LogP contribution is 2.51. The topological polar surface area (TPSA) is 103 Å². The Morgan fingerprint density at radius 1 is 1.26 bits per heavy atom. The monoisotopic (exact) mass is 361 g/mol. The number of carbonyl (C=O) groups is 1. The summed E-state index contributed by atoms with van der Waals surface area (Å²) < 4.78 is 5.35. The second-order valence-electron chi connectivity index (χ2n) is 7.25. The van der Waals surface area contributed by atoms with Gasteiger partial charge in [0.2, 0.25) is 5.91 Å². The standard InChI is InChI=1S/C20H19N5O2/c1-10-2-3-22-6-12(10)16-4-11-5-17(23-7-13(11)19(21)24-16)25-20(26)18-14-8-27-9-15(14)18/h2-7,14-15,18H,8-9H2,1H3,(H2,21,24)(H,23,25,26)/t14-,15+,18-. The zero-order valence-corrected chi connectivity index (χ0v) is 14.8. The summed E-state index contributed by atoms with van der Waals surface area (Å²) in [4.78, 5) is 25.5. The summed E-state index contributed by atoms with van der Waals surface area (Å²) in [5.41, 5.74) is 8.90. The van der Waals surface area contributed by atoms with Crippen LogP contribution in [-0.4, -0.2) is 34.1 Å². The van der Waals surface area contributed by atoms with Gasteiger partial charge in [0.15, 0.2) is 0 Å². The lowest BCUT2D eigenvalue weighted by molar-refractivity contribution is -0.118. The summed E-state index contributed by atoms with van der Waals surface area (Å²) in [5, 5.41) is 4.57. The lowest BCUT2D eigenvalue weighted by Crippen LogP contribution is -2.19. The maximum absolute atomic E-state index is 12.5. The van der Waals surface area contributed by atoms with Crippen LogP contribution in [0.4, 0.5) is 11.6 Å². The quantitative estimate of drug-likeness (QED) is 0.743. The Bertz CT molecular complexity index is 1060. The molecule has 3 aromatic rings. The van der Waals surface area contributed by atoms with E-state index in [1.807, 2.05) is 25.1 Å². The third-order valence-corrected chi connectivity index (χ3v) is 5.57. The molecule has 3 N–H and O–H groups in total. The van der Waals surface area contributed by atoms with E-state index >= 15 is 0 Å². The van der Waals surface area contributed by atoms with Gasteiger partial charge in [-0.3, -0.25) is 9.78 Å². The molecule has 0 unspecified atom stereocenters. The molecule has 2 fully saturated rings. The second-order valence-corrected chi connectivity index (χ2v) is 7.25. The van der Waals surface area contributed by atoms with E-state index < -0.39 is 0 Å². The molecule has 1 saturated carbocycles. The van der Waals surface area contributed by atoms with E-state index in [1.165, 1.54) is 0 Å². The largest absolute Gasteiger partial charge is 0.383 e. The third kappa shape index (κ3) is 2.71. The summed E-state index contributed by atoms with van der Waals surface area (Å²) in [6, 6.07) is 5.73. The zero-order valence-electron chi connectivity index (χ0n) is 14.8. The van der Waals surface area contributed by atoms with Gasteiger partial charge in [0.1, 0.15) is 11.6 Å². The molecule has 7 heteroatoms. The minimum atomic E-state index is 0.0190. The van der Waals surface area contributed by atoms with E-state index in [4.69, 9.17) is 10.5 Å². The van der Waals surface area contributed by atoms with E-state index in [9.17, 15) is 4.79 Å². The van der Waals surface area contributed by atoms with Gasteiger partial charge in [0, 0.05) is 35.5 Å². The lowest BCUT2D eigenvalue weighted by Gasteiger charge is -2.10. The van der Waals surface area contributed by atoms with Crippen molar-refractivity contribution in [1.82, 2.24) is 15.0 Å². The van der Waals surface area contributed by atoms with Crippen LogP contribution in [0.15, 0.2) is 36.8 Å². The molecule has 0 bridgehead atoms. The van der Waals surface area contributed by atoms with Gasteiger partial charge < -0.3 is 15.8 Å². The molecule has 1 aliphatic heterocycles. The molecule has 136 valence electrons. The fourth-order valence-electron chi connectivity index (χ4n) is 3.95. The number of nitrogens with two attached hydrogens (primary N) is 1. The SMILES string of the molecule is Cc1ccncc1-c1cc2cc(NC(=O)[C@@H]3[C@@H]4COC[C@@H]43)ncc2c(N)n1. The van der Waals surface area contributed by atoms with Crippen molar-refractivity contribution in [2.75, 3.05) is 24.3 Å². The fraction of sp³-hybridized carbons (Fsp3) is 0.300. The van der Waals surface area contributed by atoms with Gasteiger partial charge in [-0.15, -0.1) is 0 Å². The number of nitrogen functional groups attached to an aromatic ring is 1. The summed E-state index contributed by atoms with van der Waals surface area (Å²) in [7, 11) is 0. The molecule has 1 aliphatic carbocycles. The number of aromatic nitrogens is 3. The van der Waals surface area contributed by atoms with Gasteiger partial charge in [-0.05, 0) is 47.9 Å². The minimum absolute atomic E-state index is 0.0190. The Morgan fingerprint density at radius 3 is 2.85 bits per heavy atom. The van der Waals surface area contributed by atoms with E-state index in [0.717, 1.165) is 27.6 Å². The van der Waals surface area contributed by atoms with E-state index in [-0.39, 0.29) is 11.8 Å². The van der Waals surface area contributed by atoms with Crippen molar-refractivity contribution in [3.63, 3.8) is 0 Å². The van der Waals surface area contributed by atoms with Crippen LogP contribution >= 0.6 is 0 Å². The number of rotatable bonds is 3.